The van der Waals surface area contributed by atoms with Gasteiger partial charge >= 0.3 is 5.97 Å². The highest BCUT2D eigenvalue weighted by Gasteiger charge is 2.62. The van der Waals surface area contributed by atoms with E-state index in [1.165, 1.54) is 5.56 Å². The average Bonchev–Trinajstić information content (AvgIpc) is 3.09. The third kappa shape index (κ3) is 4.04. The van der Waals surface area contributed by atoms with E-state index in [0.717, 1.165) is 38.8 Å². The highest BCUT2D eigenvalue weighted by molar-refractivity contribution is 5.81. The SMILES string of the molecule is CC1C2C(CN1Cc1ccccc1)C2CC(O)(C(=O)OC1CCCC1)c1ccccc1. The second-order valence-electron chi connectivity index (χ2n) is 9.80. The standard InChI is InChI=1S/C27H33NO3/c1-19-25-23(24(25)18-28(19)17-20-10-4-2-5-11-20)16-27(30,21-12-6-3-7-13-21)26(29)31-22-14-8-9-15-22/h2-7,10-13,19,22-25,30H,8-9,14-18H2,1H3. The molecular formula is C27H33NO3. The molecule has 0 aromatic heterocycles. The lowest BCUT2D eigenvalue weighted by Gasteiger charge is -2.31. The van der Waals surface area contributed by atoms with Gasteiger partial charge in [-0.2, -0.15) is 0 Å². The van der Waals surface area contributed by atoms with Crippen LogP contribution in [0.15, 0.2) is 60.7 Å². The Morgan fingerprint density at radius 1 is 1.06 bits per heavy atom. The minimum Gasteiger partial charge on any atom is -0.460 e. The van der Waals surface area contributed by atoms with Gasteiger partial charge in [0, 0.05) is 19.1 Å². The molecule has 2 aromatic carbocycles. The summed E-state index contributed by atoms with van der Waals surface area (Å²) in [4.78, 5) is 15.8. The number of ether oxygens (including phenoxy) is 1. The molecular weight excluding hydrogens is 386 g/mol. The molecule has 0 bridgehead atoms. The number of carbonyl (C=O) groups excluding carboxylic acids is 1. The minimum atomic E-state index is -1.55. The summed E-state index contributed by atoms with van der Waals surface area (Å²) in [7, 11) is 0. The van der Waals surface area contributed by atoms with Gasteiger partial charge in [0.25, 0.3) is 0 Å². The van der Waals surface area contributed by atoms with Crippen molar-refractivity contribution in [1.82, 2.24) is 4.90 Å². The first-order valence-corrected chi connectivity index (χ1v) is 11.8. The van der Waals surface area contributed by atoms with Gasteiger partial charge in [0.15, 0.2) is 5.60 Å². The monoisotopic (exact) mass is 419 g/mol. The van der Waals surface area contributed by atoms with Gasteiger partial charge in [0.1, 0.15) is 6.10 Å². The number of likely N-dealkylation sites (tertiary alicyclic amines) is 1. The fourth-order valence-electron chi connectivity index (χ4n) is 6.07. The molecule has 5 rings (SSSR count). The van der Waals surface area contributed by atoms with Gasteiger partial charge < -0.3 is 9.84 Å². The molecule has 2 aromatic rings. The maximum absolute atomic E-state index is 13.2. The molecule has 3 aliphatic rings. The molecule has 0 spiro atoms. The number of carbonyl (C=O) groups is 1. The Hall–Kier alpha value is -2.17. The average molecular weight is 420 g/mol. The Balaban J connectivity index is 1.28. The molecule has 4 nitrogen and oxygen atoms in total. The third-order valence-corrected chi connectivity index (χ3v) is 7.90. The molecule has 5 unspecified atom stereocenters. The van der Waals surface area contributed by atoms with E-state index in [2.05, 4.69) is 42.2 Å². The zero-order valence-corrected chi connectivity index (χ0v) is 18.3. The fraction of sp³-hybridized carbons (Fsp3) is 0.519. The van der Waals surface area contributed by atoms with E-state index in [-0.39, 0.29) is 6.10 Å². The summed E-state index contributed by atoms with van der Waals surface area (Å²) < 4.78 is 5.81. The van der Waals surface area contributed by atoms with E-state index in [1.807, 2.05) is 30.3 Å². The van der Waals surface area contributed by atoms with Crippen molar-refractivity contribution in [1.29, 1.82) is 0 Å². The minimum absolute atomic E-state index is 0.0401. The molecule has 5 atom stereocenters. The van der Waals surface area contributed by atoms with Crippen LogP contribution in [0.2, 0.25) is 0 Å². The number of aliphatic hydroxyl groups is 1. The first-order chi connectivity index (χ1) is 15.1. The number of nitrogens with zero attached hydrogens (tertiary/aromatic N) is 1. The van der Waals surface area contributed by atoms with Crippen molar-refractivity contribution in [2.75, 3.05) is 6.54 Å². The molecule has 4 heteroatoms. The Morgan fingerprint density at radius 2 is 1.71 bits per heavy atom. The van der Waals surface area contributed by atoms with Gasteiger partial charge in [-0.25, -0.2) is 4.79 Å². The molecule has 2 aliphatic carbocycles. The zero-order valence-electron chi connectivity index (χ0n) is 18.3. The highest BCUT2D eigenvalue weighted by atomic mass is 16.6. The van der Waals surface area contributed by atoms with Crippen LogP contribution in [-0.4, -0.2) is 34.7 Å². The largest absolute Gasteiger partial charge is 0.460 e. The number of fused-ring (bicyclic) bond motifs is 1. The summed E-state index contributed by atoms with van der Waals surface area (Å²) in [6.45, 7) is 4.30. The van der Waals surface area contributed by atoms with Crippen LogP contribution in [0.5, 0.6) is 0 Å². The van der Waals surface area contributed by atoms with Crippen LogP contribution in [-0.2, 0) is 21.7 Å². The molecule has 31 heavy (non-hydrogen) atoms. The summed E-state index contributed by atoms with van der Waals surface area (Å²) >= 11 is 0. The van der Waals surface area contributed by atoms with Crippen LogP contribution in [0.25, 0.3) is 0 Å². The molecule has 1 heterocycles. The maximum atomic E-state index is 13.2. The first kappa shape index (κ1) is 20.7. The number of esters is 1. The number of piperidine rings is 1. The number of hydrogen-bond donors (Lipinski definition) is 1. The van der Waals surface area contributed by atoms with E-state index < -0.39 is 11.6 Å². The van der Waals surface area contributed by atoms with Gasteiger partial charge in [-0.15, -0.1) is 0 Å². The van der Waals surface area contributed by atoms with Crippen molar-refractivity contribution in [3.8, 4) is 0 Å². The Kier molecular flexibility index (Phi) is 5.61. The van der Waals surface area contributed by atoms with Crippen molar-refractivity contribution >= 4 is 5.97 Å². The number of benzene rings is 2. The summed E-state index contributed by atoms with van der Waals surface area (Å²) in [5, 5.41) is 11.7. The van der Waals surface area contributed by atoms with Crippen molar-refractivity contribution in [3.05, 3.63) is 71.8 Å². The van der Waals surface area contributed by atoms with Gasteiger partial charge in [0.05, 0.1) is 0 Å². The molecule has 3 fully saturated rings. The molecule has 1 saturated heterocycles. The molecule has 0 radical (unpaired) electrons. The second-order valence-corrected chi connectivity index (χ2v) is 9.80. The summed E-state index contributed by atoms with van der Waals surface area (Å²) in [6.07, 6.45) is 4.45. The van der Waals surface area contributed by atoms with Gasteiger partial charge in [0.2, 0.25) is 0 Å². The first-order valence-electron chi connectivity index (χ1n) is 11.8. The smallest absolute Gasteiger partial charge is 0.343 e. The van der Waals surface area contributed by atoms with Gasteiger partial charge in [-0.1, -0.05) is 60.7 Å². The van der Waals surface area contributed by atoms with Gasteiger partial charge in [-0.05, 0) is 67.9 Å². The summed E-state index contributed by atoms with van der Waals surface area (Å²) in [5.41, 5.74) is 0.452. The van der Waals surface area contributed by atoms with Crippen LogP contribution in [0, 0.1) is 17.8 Å². The van der Waals surface area contributed by atoms with E-state index in [1.54, 1.807) is 0 Å². The molecule has 2 saturated carbocycles. The lowest BCUT2D eigenvalue weighted by Crippen LogP contribution is -2.41. The Morgan fingerprint density at radius 3 is 2.32 bits per heavy atom. The van der Waals surface area contributed by atoms with E-state index in [9.17, 15) is 9.90 Å². The van der Waals surface area contributed by atoms with Crippen LogP contribution >= 0.6 is 0 Å². The second kappa shape index (κ2) is 8.40. The van der Waals surface area contributed by atoms with Crippen LogP contribution in [0.4, 0.5) is 0 Å². The highest BCUT2D eigenvalue weighted by Crippen LogP contribution is 2.59. The molecule has 0 amide bonds. The van der Waals surface area contributed by atoms with Crippen molar-refractivity contribution in [3.63, 3.8) is 0 Å². The molecule has 1 N–H and O–H groups in total. The fourth-order valence-corrected chi connectivity index (χ4v) is 6.07. The van der Waals surface area contributed by atoms with Crippen LogP contribution < -0.4 is 0 Å². The topological polar surface area (TPSA) is 49.8 Å². The van der Waals surface area contributed by atoms with E-state index in [0.29, 0.717) is 35.8 Å². The van der Waals surface area contributed by atoms with Crippen molar-refractivity contribution < 1.29 is 14.6 Å². The van der Waals surface area contributed by atoms with Crippen LogP contribution in [0.1, 0.15) is 50.2 Å². The molecule has 164 valence electrons. The Bertz CT molecular complexity index is 895. The zero-order chi connectivity index (χ0) is 21.4. The predicted molar refractivity (Wildman–Crippen MR) is 120 cm³/mol. The van der Waals surface area contributed by atoms with E-state index in [4.69, 9.17) is 4.74 Å². The normalized spacial score (nSPS) is 30.0. The number of hydrogen-bond acceptors (Lipinski definition) is 4. The predicted octanol–water partition coefficient (Wildman–Crippen LogP) is 4.52. The van der Waals surface area contributed by atoms with Crippen LogP contribution in [0.3, 0.4) is 0 Å². The maximum Gasteiger partial charge on any atom is 0.343 e. The van der Waals surface area contributed by atoms with E-state index >= 15 is 0 Å². The lowest BCUT2D eigenvalue weighted by atomic mass is 9.86. The quantitative estimate of drug-likeness (QED) is 0.671. The number of rotatable bonds is 7. The summed E-state index contributed by atoms with van der Waals surface area (Å²) in [5.74, 6) is 0.999. The van der Waals surface area contributed by atoms with Crippen molar-refractivity contribution in [2.24, 2.45) is 17.8 Å². The summed E-state index contributed by atoms with van der Waals surface area (Å²) in [6, 6.07) is 20.5. The lowest BCUT2D eigenvalue weighted by molar-refractivity contribution is -0.174. The van der Waals surface area contributed by atoms with Crippen molar-refractivity contribution in [2.45, 2.75) is 63.3 Å². The van der Waals surface area contributed by atoms with Gasteiger partial charge in [-0.3, -0.25) is 4.90 Å². The Labute approximate surface area is 185 Å². The molecule has 1 aliphatic heterocycles. The third-order valence-electron chi connectivity index (χ3n) is 7.90.